The molecule has 1 N–H and O–H groups in total. The van der Waals surface area contributed by atoms with Crippen LogP contribution >= 0.6 is 24.8 Å². The highest BCUT2D eigenvalue weighted by molar-refractivity contribution is 5.85. The molecule has 0 atom stereocenters. The van der Waals surface area contributed by atoms with Crippen molar-refractivity contribution in [2.24, 2.45) is 5.92 Å². The molecule has 90 valence electrons. The predicted molar refractivity (Wildman–Crippen MR) is 65.9 cm³/mol. The summed E-state index contributed by atoms with van der Waals surface area (Å²) in [4.78, 5) is 13.4. The summed E-state index contributed by atoms with van der Waals surface area (Å²) < 4.78 is 0. The topological polar surface area (TPSA) is 32.3 Å². The van der Waals surface area contributed by atoms with Gasteiger partial charge in [-0.25, -0.2) is 0 Å². The van der Waals surface area contributed by atoms with Crippen LogP contribution in [0.25, 0.3) is 0 Å². The molecule has 0 bridgehead atoms. The van der Waals surface area contributed by atoms with E-state index in [1.807, 2.05) is 0 Å². The minimum atomic E-state index is 0. The molecule has 0 aliphatic carbocycles. The van der Waals surface area contributed by atoms with Gasteiger partial charge in [-0.1, -0.05) is 0 Å². The quantitative estimate of drug-likeness (QED) is 0.810. The summed E-state index contributed by atoms with van der Waals surface area (Å²) in [7, 11) is 0. The molecule has 0 aromatic heterocycles. The third-order valence-corrected chi connectivity index (χ3v) is 3.11. The average Bonchev–Trinajstić information content (AvgIpc) is 2.54. The number of amides is 1. The van der Waals surface area contributed by atoms with Gasteiger partial charge in [-0.3, -0.25) is 4.79 Å². The lowest BCUT2D eigenvalue weighted by Gasteiger charge is -2.27. The molecule has 5 heteroatoms. The van der Waals surface area contributed by atoms with Gasteiger partial charge in [0.05, 0.1) is 0 Å². The summed E-state index contributed by atoms with van der Waals surface area (Å²) in [5.41, 5.74) is 0. The molecule has 0 aromatic rings. The maximum absolute atomic E-state index is 11.4. The largest absolute Gasteiger partial charge is 0.342 e. The fourth-order valence-electron chi connectivity index (χ4n) is 2.27. The lowest BCUT2D eigenvalue weighted by molar-refractivity contribution is -0.128. The number of hydrogen-bond acceptors (Lipinski definition) is 2. The number of hydrogen-bond donors (Lipinski definition) is 1. The van der Waals surface area contributed by atoms with E-state index in [-0.39, 0.29) is 24.8 Å². The van der Waals surface area contributed by atoms with Gasteiger partial charge < -0.3 is 10.2 Å². The van der Waals surface area contributed by atoms with Crippen molar-refractivity contribution in [3.8, 4) is 0 Å². The molecule has 0 saturated carbocycles. The third kappa shape index (κ3) is 4.17. The number of halogens is 2. The normalized spacial score (nSPS) is 22.1. The molecule has 2 aliphatic rings. The Morgan fingerprint density at radius 3 is 2.47 bits per heavy atom. The van der Waals surface area contributed by atoms with Crippen LogP contribution in [0.4, 0.5) is 0 Å². The van der Waals surface area contributed by atoms with Gasteiger partial charge in [-0.15, -0.1) is 24.8 Å². The number of nitrogens with one attached hydrogen (secondary N) is 1. The second-order valence-electron chi connectivity index (χ2n) is 4.14. The molecule has 0 spiro atoms. The first-order valence-corrected chi connectivity index (χ1v) is 5.35. The number of likely N-dealkylation sites (tertiary alicyclic amines) is 1. The van der Waals surface area contributed by atoms with Crippen molar-refractivity contribution in [2.45, 2.75) is 25.7 Å². The molecular formula is C10H20Cl2N2O. The van der Waals surface area contributed by atoms with E-state index in [9.17, 15) is 4.79 Å². The van der Waals surface area contributed by atoms with Crippen LogP contribution in [0, 0.1) is 5.92 Å². The number of carbonyl (C=O) groups is 1. The highest BCUT2D eigenvalue weighted by Gasteiger charge is 2.23. The SMILES string of the molecule is Cl.Cl.O=C1CCCN1CC1CCNCC1. The molecule has 2 rings (SSSR count). The Hall–Kier alpha value is 0.01000. The van der Waals surface area contributed by atoms with Gasteiger partial charge in [0, 0.05) is 19.5 Å². The Morgan fingerprint density at radius 1 is 1.27 bits per heavy atom. The molecule has 2 fully saturated rings. The van der Waals surface area contributed by atoms with Crippen LogP contribution in [-0.4, -0.2) is 37.0 Å². The number of nitrogens with zero attached hydrogens (tertiary/aromatic N) is 1. The van der Waals surface area contributed by atoms with Crippen LogP contribution in [0.3, 0.4) is 0 Å². The summed E-state index contributed by atoms with van der Waals surface area (Å²) in [6, 6.07) is 0. The first kappa shape index (κ1) is 15.0. The van der Waals surface area contributed by atoms with Gasteiger partial charge in [-0.05, 0) is 38.3 Å². The fourth-order valence-corrected chi connectivity index (χ4v) is 2.27. The highest BCUT2D eigenvalue weighted by Crippen LogP contribution is 2.17. The van der Waals surface area contributed by atoms with Gasteiger partial charge >= 0.3 is 0 Å². The van der Waals surface area contributed by atoms with Crippen LogP contribution in [0.1, 0.15) is 25.7 Å². The van der Waals surface area contributed by atoms with Crippen LogP contribution in [-0.2, 0) is 4.79 Å². The summed E-state index contributed by atoms with van der Waals surface area (Å²) in [5, 5.41) is 3.35. The van der Waals surface area contributed by atoms with Gasteiger partial charge in [0.15, 0.2) is 0 Å². The Kier molecular flexibility index (Phi) is 7.32. The second kappa shape index (κ2) is 7.31. The molecular weight excluding hydrogens is 235 g/mol. The monoisotopic (exact) mass is 254 g/mol. The molecule has 3 nitrogen and oxygen atoms in total. The van der Waals surface area contributed by atoms with Crippen molar-refractivity contribution in [1.82, 2.24) is 10.2 Å². The van der Waals surface area contributed by atoms with Gasteiger partial charge in [0.25, 0.3) is 0 Å². The molecule has 2 saturated heterocycles. The van der Waals surface area contributed by atoms with E-state index in [0.29, 0.717) is 5.91 Å². The molecule has 0 radical (unpaired) electrons. The zero-order valence-electron chi connectivity index (χ0n) is 8.91. The molecule has 1 amide bonds. The van der Waals surface area contributed by atoms with E-state index in [4.69, 9.17) is 0 Å². The molecule has 2 heterocycles. The van der Waals surface area contributed by atoms with E-state index in [0.717, 1.165) is 44.9 Å². The number of piperidine rings is 1. The van der Waals surface area contributed by atoms with Crippen molar-refractivity contribution >= 4 is 30.7 Å². The Bertz CT molecular complexity index is 196. The van der Waals surface area contributed by atoms with Gasteiger partial charge in [-0.2, -0.15) is 0 Å². The Balaban J connectivity index is 0.000000980. The smallest absolute Gasteiger partial charge is 0.222 e. The van der Waals surface area contributed by atoms with E-state index in [1.165, 1.54) is 12.8 Å². The third-order valence-electron chi connectivity index (χ3n) is 3.11. The first-order chi connectivity index (χ1) is 6.36. The van der Waals surface area contributed by atoms with E-state index >= 15 is 0 Å². The van der Waals surface area contributed by atoms with Crippen molar-refractivity contribution in [3.63, 3.8) is 0 Å². The molecule has 0 aromatic carbocycles. The van der Waals surface area contributed by atoms with E-state index < -0.39 is 0 Å². The predicted octanol–water partition coefficient (Wildman–Crippen LogP) is 1.45. The van der Waals surface area contributed by atoms with E-state index in [2.05, 4.69) is 10.2 Å². The minimum absolute atomic E-state index is 0. The highest BCUT2D eigenvalue weighted by atomic mass is 35.5. The molecule has 15 heavy (non-hydrogen) atoms. The summed E-state index contributed by atoms with van der Waals surface area (Å²) in [5.74, 6) is 1.13. The summed E-state index contributed by atoms with van der Waals surface area (Å²) >= 11 is 0. The van der Waals surface area contributed by atoms with Crippen LogP contribution in [0.2, 0.25) is 0 Å². The summed E-state index contributed by atoms with van der Waals surface area (Å²) in [6.07, 6.45) is 4.34. The molecule has 0 unspecified atom stereocenters. The average molecular weight is 255 g/mol. The Labute approximate surface area is 104 Å². The molecule has 2 aliphatic heterocycles. The standard InChI is InChI=1S/C10H18N2O.2ClH/c13-10-2-1-7-12(10)8-9-3-5-11-6-4-9;;/h9,11H,1-8H2;2*1H. The number of carbonyl (C=O) groups excluding carboxylic acids is 1. The van der Waals surface area contributed by atoms with E-state index in [1.54, 1.807) is 0 Å². The Morgan fingerprint density at radius 2 is 1.93 bits per heavy atom. The van der Waals surface area contributed by atoms with Gasteiger partial charge in [0.1, 0.15) is 0 Å². The van der Waals surface area contributed by atoms with Crippen molar-refractivity contribution in [3.05, 3.63) is 0 Å². The van der Waals surface area contributed by atoms with Crippen molar-refractivity contribution < 1.29 is 4.79 Å². The maximum Gasteiger partial charge on any atom is 0.222 e. The summed E-state index contributed by atoms with van der Waals surface area (Å²) in [6.45, 7) is 4.28. The lowest BCUT2D eigenvalue weighted by atomic mass is 9.98. The van der Waals surface area contributed by atoms with Crippen LogP contribution in [0.5, 0.6) is 0 Å². The van der Waals surface area contributed by atoms with Crippen molar-refractivity contribution in [1.29, 1.82) is 0 Å². The minimum Gasteiger partial charge on any atom is -0.342 e. The van der Waals surface area contributed by atoms with Crippen LogP contribution in [0.15, 0.2) is 0 Å². The lowest BCUT2D eigenvalue weighted by Crippen LogP contribution is -2.36. The first-order valence-electron chi connectivity index (χ1n) is 5.35. The zero-order chi connectivity index (χ0) is 9.10. The van der Waals surface area contributed by atoms with Crippen molar-refractivity contribution in [2.75, 3.05) is 26.2 Å². The maximum atomic E-state index is 11.4. The second-order valence-corrected chi connectivity index (χ2v) is 4.14. The van der Waals surface area contributed by atoms with Gasteiger partial charge in [0.2, 0.25) is 5.91 Å². The number of rotatable bonds is 2. The fraction of sp³-hybridized carbons (Fsp3) is 0.900. The zero-order valence-corrected chi connectivity index (χ0v) is 10.5. The van der Waals surface area contributed by atoms with Crippen LogP contribution < -0.4 is 5.32 Å².